The highest BCUT2D eigenvalue weighted by Gasteiger charge is 2.20. The highest BCUT2D eigenvalue weighted by Crippen LogP contribution is 2.31. The molecule has 0 spiro atoms. The van der Waals surface area contributed by atoms with E-state index in [4.69, 9.17) is 10.00 Å². The van der Waals surface area contributed by atoms with E-state index < -0.39 is 41.4 Å². The van der Waals surface area contributed by atoms with Gasteiger partial charge in [0.05, 0.1) is 29.4 Å². The molecule has 0 unspecified atom stereocenters. The number of carbonyl (C=O) groups is 3. The quantitative estimate of drug-likeness (QED) is 0.322. The molecule has 0 radical (unpaired) electrons. The molecule has 0 atom stereocenters. The Bertz CT molecular complexity index is 1370. The zero-order chi connectivity index (χ0) is 26.5. The number of nitriles is 1. The minimum Gasteiger partial charge on any atom is -0.444 e. The third-order valence-electron chi connectivity index (χ3n) is 4.81. The molecule has 7 nitrogen and oxygen atoms in total. The second-order valence-corrected chi connectivity index (χ2v) is 8.85. The second kappa shape index (κ2) is 10.8. The van der Waals surface area contributed by atoms with Crippen LogP contribution in [0.5, 0.6) is 0 Å². The van der Waals surface area contributed by atoms with E-state index in [1.54, 1.807) is 20.8 Å². The highest BCUT2D eigenvalue weighted by molar-refractivity contribution is 6.12. The summed E-state index contributed by atoms with van der Waals surface area (Å²) in [6.07, 6.45) is -1.33. The average Bonchev–Trinajstić information content (AvgIpc) is 2.79. The van der Waals surface area contributed by atoms with Crippen molar-refractivity contribution >= 4 is 29.2 Å². The Balaban J connectivity index is 1.89. The van der Waals surface area contributed by atoms with Crippen molar-refractivity contribution in [2.75, 3.05) is 10.6 Å². The maximum Gasteiger partial charge on any atom is 0.412 e. The van der Waals surface area contributed by atoms with Crippen LogP contribution in [-0.2, 0) is 9.53 Å². The maximum absolute atomic E-state index is 14.4. The fourth-order valence-corrected chi connectivity index (χ4v) is 3.27. The van der Waals surface area contributed by atoms with Crippen LogP contribution >= 0.6 is 0 Å². The summed E-state index contributed by atoms with van der Waals surface area (Å²) in [6, 6.07) is 15.2. The zero-order valence-corrected chi connectivity index (χ0v) is 19.8. The maximum atomic E-state index is 14.4. The molecule has 2 amide bonds. The first kappa shape index (κ1) is 26.0. The van der Waals surface area contributed by atoms with Gasteiger partial charge in [0.25, 0.3) is 0 Å². The van der Waals surface area contributed by atoms with Crippen molar-refractivity contribution in [3.8, 4) is 17.2 Å². The van der Waals surface area contributed by atoms with Crippen LogP contribution in [0.4, 0.5) is 25.0 Å². The number of ketones is 1. The Morgan fingerprint density at radius 1 is 0.944 bits per heavy atom. The first-order valence-electron chi connectivity index (χ1n) is 10.9. The Labute approximate surface area is 206 Å². The lowest BCUT2D eigenvalue weighted by atomic mass is 10.0. The molecule has 184 valence electrons. The van der Waals surface area contributed by atoms with Crippen molar-refractivity contribution in [1.82, 2.24) is 0 Å². The Kier molecular flexibility index (Phi) is 7.80. The number of amides is 2. The molecular weight excluding hydrogens is 468 g/mol. The number of ether oxygens (including phenoxy) is 1. The van der Waals surface area contributed by atoms with Crippen LogP contribution in [0.2, 0.25) is 0 Å². The molecule has 0 saturated carbocycles. The average molecular weight is 491 g/mol. The number of rotatable bonds is 6. The van der Waals surface area contributed by atoms with E-state index in [9.17, 15) is 23.2 Å². The number of hydrogen-bond donors (Lipinski definition) is 2. The minimum atomic E-state index is -0.812. The van der Waals surface area contributed by atoms with E-state index in [0.717, 1.165) is 12.1 Å². The predicted molar refractivity (Wildman–Crippen MR) is 130 cm³/mol. The monoisotopic (exact) mass is 491 g/mol. The molecule has 0 aromatic heterocycles. The zero-order valence-electron chi connectivity index (χ0n) is 19.8. The summed E-state index contributed by atoms with van der Waals surface area (Å²) < 4.78 is 33.0. The van der Waals surface area contributed by atoms with Crippen LogP contribution in [0.25, 0.3) is 11.1 Å². The number of Topliss-reactive ketones (excluding diaryl/α,β-unsaturated/α-hetero) is 1. The standard InChI is InChI=1S/C27H23F2N3O4/c1-27(2,3)36-26(35)32-22-10-7-17(20-9-8-19(28)13-21(20)29)12-23(22)31-25(34)14-24(33)18-6-4-5-16(11-18)15-30/h4-13H,14H2,1-3H3,(H,31,34)(H,32,35). The van der Waals surface area contributed by atoms with Gasteiger partial charge in [0.1, 0.15) is 17.2 Å². The van der Waals surface area contributed by atoms with Crippen molar-refractivity contribution in [3.63, 3.8) is 0 Å². The van der Waals surface area contributed by atoms with Crippen LogP contribution in [0.3, 0.4) is 0 Å². The third-order valence-corrected chi connectivity index (χ3v) is 4.81. The van der Waals surface area contributed by atoms with Gasteiger partial charge in [-0.2, -0.15) is 5.26 Å². The van der Waals surface area contributed by atoms with Crippen LogP contribution in [-0.4, -0.2) is 23.4 Å². The lowest BCUT2D eigenvalue weighted by molar-refractivity contribution is -0.115. The van der Waals surface area contributed by atoms with Crippen LogP contribution in [0.15, 0.2) is 60.7 Å². The molecule has 0 aliphatic heterocycles. The fraction of sp³-hybridized carbons (Fsp3) is 0.185. The summed E-state index contributed by atoms with van der Waals surface area (Å²) in [4.78, 5) is 37.6. The molecular formula is C27H23F2N3O4. The third kappa shape index (κ3) is 6.96. The van der Waals surface area contributed by atoms with Gasteiger partial charge in [0.15, 0.2) is 5.78 Å². The van der Waals surface area contributed by atoms with Gasteiger partial charge in [0.2, 0.25) is 5.91 Å². The molecule has 0 fully saturated rings. The number of nitrogens with zero attached hydrogens (tertiary/aromatic N) is 1. The summed E-state index contributed by atoms with van der Waals surface area (Å²) in [5.74, 6) is -2.78. The topological polar surface area (TPSA) is 108 Å². The van der Waals surface area contributed by atoms with Gasteiger partial charge in [-0.05, 0) is 62.7 Å². The first-order valence-corrected chi connectivity index (χ1v) is 10.9. The van der Waals surface area contributed by atoms with Crippen LogP contribution in [0, 0.1) is 23.0 Å². The molecule has 0 bridgehead atoms. The van der Waals surface area contributed by atoms with Crippen LogP contribution < -0.4 is 10.6 Å². The van der Waals surface area contributed by atoms with E-state index in [-0.39, 0.29) is 28.1 Å². The summed E-state index contributed by atoms with van der Waals surface area (Å²) in [5, 5.41) is 14.1. The lowest BCUT2D eigenvalue weighted by Gasteiger charge is -2.21. The molecule has 9 heteroatoms. The number of carbonyl (C=O) groups excluding carboxylic acids is 3. The fourth-order valence-electron chi connectivity index (χ4n) is 3.27. The Morgan fingerprint density at radius 2 is 1.69 bits per heavy atom. The van der Waals surface area contributed by atoms with E-state index >= 15 is 0 Å². The molecule has 3 rings (SSSR count). The first-order chi connectivity index (χ1) is 16.9. The second-order valence-electron chi connectivity index (χ2n) is 8.85. The molecule has 0 aliphatic carbocycles. The van der Waals surface area contributed by atoms with Gasteiger partial charge >= 0.3 is 6.09 Å². The lowest BCUT2D eigenvalue weighted by Crippen LogP contribution is -2.27. The molecule has 3 aromatic carbocycles. The van der Waals surface area contributed by atoms with Crippen molar-refractivity contribution in [2.45, 2.75) is 32.8 Å². The number of anilines is 2. The largest absolute Gasteiger partial charge is 0.444 e. The van der Waals surface area contributed by atoms with E-state index in [0.29, 0.717) is 5.56 Å². The molecule has 0 aliphatic rings. The highest BCUT2D eigenvalue weighted by atomic mass is 19.1. The number of hydrogen-bond acceptors (Lipinski definition) is 5. The molecule has 36 heavy (non-hydrogen) atoms. The van der Waals surface area contributed by atoms with Crippen molar-refractivity contribution < 1.29 is 27.9 Å². The molecule has 0 saturated heterocycles. The summed E-state index contributed by atoms with van der Waals surface area (Å²) in [7, 11) is 0. The number of nitrogens with one attached hydrogen (secondary N) is 2. The summed E-state index contributed by atoms with van der Waals surface area (Å²) >= 11 is 0. The SMILES string of the molecule is CC(C)(C)OC(=O)Nc1ccc(-c2ccc(F)cc2F)cc1NC(=O)CC(=O)c1cccc(C#N)c1. The van der Waals surface area contributed by atoms with Gasteiger partial charge in [-0.1, -0.05) is 18.2 Å². The summed E-state index contributed by atoms with van der Waals surface area (Å²) in [6.45, 7) is 5.05. The Hall–Kier alpha value is -4.58. The van der Waals surface area contributed by atoms with Crippen LogP contribution in [0.1, 0.15) is 43.1 Å². The number of halogens is 2. The number of benzene rings is 3. The molecule has 3 aromatic rings. The summed E-state index contributed by atoms with van der Waals surface area (Å²) in [5.41, 5.74) is 0.270. The van der Waals surface area contributed by atoms with Gasteiger partial charge in [0, 0.05) is 17.2 Å². The minimum absolute atomic E-state index is 0.0695. The normalized spacial score (nSPS) is 10.8. The van der Waals surface area contributed by atoms with Crippen molar-refractivity contribution in [3.05, 3.63) is 83.4 Å². The molecule has 0 heterocycles. The molecule has 2 N–H and O–H groups in total. The van der Waals surface area contributed by atoms with E-state index in [1.165, 1.54) is 48.5 Å². The van der Waals surface area contributed by atoms with E-state index in [1.807, 2.05) is 6.07 Å². The van der Waals surface area contributed by atoms with Crippen molar-refractivity contribution in [2.24, 2.45) is 0 Å². The van der Waals surface area contributed by atoms with Gasteiger partial charge < -0.3 is 10.1 Å². The predicted octanol–water partition coefficient (Wildman–Crippen LogP) is 6.06. The van der Waals surface area contributed by atoms with Gasteiger partial charge in [-0.25, -0.2) is 13.6 Å². The van der Waals surface area contributed by atoms with Gasteiger partial charge in [-0.3, -0.25) is 14.9 Å². The van der Waals surface area contributed by atoms with E-state index in [2.05, 4.69) is 10.6 Å². The van der Waals surface area contributed by atoms with Gasteiger partial charge in [-0.15, -0.1) is 0 Å². The Morgan fingerprint density at radius 3 is 2.36 bits per heavy atom. The smallest absolute Gasteiger partial charge is 0.412 e. The van der Waals surface area contributed by atoms with Crippen molar-refractivity contribution in [1.29, 1.82) is 5.26 Å².